The van der Waals surface area contributed by atoms with Gasteiger partial charge in [-0.1, -0.05) is 25.5 Å². The number of thiazole rings is 1. The van der Waals surface area contributed by atoms with E-state index in [0.29, 0.717) is 0 Å². The van der Waals surface area contributed by atoms with Gasteiger partial charge in [-0.25, -0.2) is 4.98 Å². The van der Waals surface area contributed by atoms with Crippen LogP contribution in [0.15, 0.2) is 23.6 Å². The number of nitrogens with zero attached hydrogens (tertiary/aromatic N) is 1. The van der Waals surface area contributed by atoms with Crippen LogP contribution in [0.4, 0.5) is 0 Å². The average molecular weight is 260 g/mol. The maximum Gasteiger partial charge on any atom is 0.110 e. The summed E-state index contributed by atoms with van der Waals surface area (Å²) in [6.07, 6.45) is 2.10. The normalized spacial score (nSPS) is 12.7. The van der Waals surface area contributed by atoms with E-state index >= 15 is 0 Å². The number of rotatable bonds is 4. The molecule has 2 aromatic rings. The lowest BCUT2D eigenvalue weighted by Crippen LogP contribution is -2.09. The third kappa shape index (κ3) is 2.79. The molecule has 0 saturated carbocycles. The molecule has 1 unspecified atom stereocenters. The predicted molar refractivity (Wildman–Crippen MR) is 78.9 cm³/mol. The van der Waals surface area contributed by atoms with Gasteiger partial charge < -0.3 is 5.73 Å². The van der Waals surface area contributed by atoms with Crippen molar-refractivity contribution in [1.29, 1.82) is 0 Å². The minimum absolute atomic E-state index is 0.0836. The van der Waals surface area contributed by atoms with E-state index in [9.17, 15) is 0 Å². The average Bonchev–Trinajstić information content (AvgIpc) is 2.82. The maximum absolute atomic E-state index is 6.10. The fourth-order valence-corrected chi connectivity index (χ4v) is 2.79. The van der Waals surface area contributed by atoms with Crippen molar-refractivity contribution < 1.29 is 0 Å². The van der Waals surface area contributed by atoms with Crippen LogP contribution in [-0.4, -0.2) is 4.98 Å². The zero-order valence-electron chi connectivity index (χ0n) is 11.2. The summed E-state index contributed by atoms with van der Waals surface area (Å²) < 4.78 is 0. The lowest BCUT2D eigenvalue weighted by atomic mass is 10.1. The Balaban J connectivity index is 2.26. The second kappa shape index (κ2) is 5.63. The van der Waals surface area contributed by atoms with Crippen molar-refractivity contribution in [1.82, 2.24) is 4.98 Å². The van der Waals surface area contributed by atoms with E-state index in [4.69, 9.17) is 5.73 Å². The Morgan fingerprint density at radius 2 is 2.06 bits per heavy atom. The Labute approximate surface area is 113 Å². The van der Waals surface area contributed by atoms with Crippen molar-refractivity contribution >= 4 is 11.3 Å². The topological polar surface area (TPSA) is 38.9 Å². The van der Waals surface area contributed by atoms with Crippen molar-refractivity contribution in [2.45, 2.75) is 39.7 Å². The first-order valence-electron chi connectivity index (χ1n) is 6.40. The first-order valence-corrected chi connectivity index (χ1v) is 7.28. The van der Waals surface area contributed by atoms with Gasteiger partial charge in [0, 0.05) is 10.9 Å². The first kappa shape index (κ1) is 13.2. The molecule has 1 aromatic carbocycles. The van der Waals surface area contributed by atoms with Crippen LogP contribution in [0.3, 0.4) is 0 Å². The number of aryl methyl sites for hydroxylation is 2. The molecule has 0 amide bonds. The van der Waals surface area contributed by atoms with E-state index in [0.717, 1.165) is 23.5 Å². The molecule has 1 atom stereocenters. The maximum atomic E-state index is 6.10. The molecule has 96 valence electrons. The molecule has 0 aliphatic carbocycles. The molecule has 0 radical (unpaired) electrons. The van der Waals surface area contributed by atoms with Gasteiger partial charge in [-0.2, -0.15) is 0 Å². The van der Waals surface area contributed by atoms with Gasteiger partial charge in [0.1, 0.15) is 5.01 Å². The lowest BCUT2D eigenvalue weighted by Gasteiger charge is -2.05. The molecular formula is C15H20N2S. The molecule has 1 aromatic heterocycles. The molecule has 0 bridgehead atoms. The lowest BCUT2D eigenvalue weighted by molar-refractivity contribution is 0.635. The quantitative estimate of drug-likeness (QED) is 0.893. The number of hydrogen-bond donors (Lipinski definition) is 1. The van der Waals surface area contributed by atoms with Gasteiger partial charge in [-0.15, -0.1) is 11.3 Å². The summed E-state index contributed by atoms with van der Waals surface area (Å²) in [5.41, 5.74) is 11.0. The Kier molecular flexibility index (Phi) is 4.15. The van der Waals surface area contributed by atoms with Crippen LogP contribution >= 0.6 is 11.3 Å². The number of benzene rings is 1. The van der Waals surface area contributed by atoms with Gasteiger partial charge >= 0.3 is 0 Å². The summed E-state index contributed by atoms with van der Waals surface area (Å²) in [6, 6.07) is 6.56. The minimum atomic E-state index is 0.0836. The number of nitrogens with two attached hydrogens (primary N) is 1. The molecule has 2 nitrogen and oxygen atoms in total. The summed E-state index contributed by atoms with van der Waals surface area (Å²) in [5, 5.41) is 3.15. The van der Waals surface area contributed by atoms with Crippen LogP contribution < -0.4 is 5.73 Å². The largest absolute Gasteiger partial charge is 0.322 e. The summed E-state index contributed by atoms with van der Waals surface area (Å²) in [4.78, 5) is 4.66. The summed E-state index contributed by atoms with van der Waals surface area (Å²) in [7, 11) is 0. The minimum Gasteiger partial charge on any atom is -0.322 e. The van der Waals surface area contributed by atoms with E-state index in [-0.39, 0.29) is 6.04 Å². The Hall–Kier alpha value is -1.19. The smallest absolute Gasteiger partial charge is 0.110 e. The zero-order valence-corrected chi connectivity index (χ0v) is 12.1. The number of aromatic nitrogens is 1. The van der Waals surface area contributed by atoms with Gasteiger partial charge in [-0.3, -0.25) is 0 Å². The highest BCUT2D eigenvalue weighted by Crippen LogP contribution is 2.27. The molecule has 18 heavy (non-hydrogen) atoms. The molecule has 2 N–H and O–H groups in total. The van der Waals surface area contributed by atoms with Crippen LogP contribution in [0.2, 0.25) is 0 Å². The molecule has 2 rings (SSSR count). The van der Waals surface area contributed by atoms with Gasteiger partial charge in [0.05, 0.1) is 11.7 Å². The van der Waals surface area contributed by atoms with Gasteiger partial charge in [0.25, 0.3) is 0 Å². The summed E-state index contributed by atoms with van der Waals surface area (Å²) in [6.45, 7) is 6.41. The Bertz CT molecular complexity index is 531. The molecule has 0 aliphatic rings. The number of hydrogen-bond acceptors (Lipinski definition) is 3. The van der Waals surface area contributed by atoms with Crippen LogP contribution in [0.25, 0.3) is 11.3 Å². The monoisotopic (exact) mass is 260 g/mol. The molecule has 3 heteroatoms. The van der Waals surface area contributed by atoms with E-state index < -0.39 is 0 Å². The Morgan fingerprint density at radius 1 is 1.28 bits per heavy atom. The van der Waals surface area contributed by atoms with Crippen molar-refractivity contribution in [3.8, 4) is 11.3 Å². The van der Waals surface area contributed by atoms with Crippen molar-refractivity contribution in [3.63, 3.8) is 0 Å². The van der Waals surface area contributed by atoms with Crippen LogP contribution in [0, 0.1) is 13.8 Å². The van der Waals surface area contributed by atoms with Crippen molar-refractivity contribution in [2.75, 3.05) is 0 Å². The molecule has 0 aliphatic heterocycles. The van der Waals surface area contributed by atoms with Gasteiger partial charge in [0.2, 0.25) is 0 Å². The molecule has 0 spiro atoms. The predicted octanol–water partition coefficient (Wildman–Crippen LogP) is 4.23. The fraction of sp³-hybridized carbons (Fsp3) is 0.400. The second-order valence-corrected chi connectivity index (χ2v) is 5.65. The summed E-state index contributed by atoms with van der Waals surface area (Å²) >= 11 is 1.67. The third-order valence-electron chi connectivity index (χ3n) is 3.24. The standard InChI is InChI=1S/C15H20N2S/c1-4-5-13(16)15-17-14(9-18-15)12-7-6-10(2)11(3)8-12/h6-9,13H,4-5,16H2,1-3H3. The van der Waals surface area contributed by atoms with E-state index in [1.807, 2.05) is 0 Å². The SMILES string of the molecule is CCCC(N)c1nc(-c2ccc(C)c(C)c2)cs1. The second-order valence-electron chi connectivity index (χ2n) is 4.77. The molecular weight excluding hydrogens is 240 g/mol. The van der Waals surface area contributed by atoms with Gasteiger partial charge in [0.15, 0.2) is 0 Å². The molecule has 0 saturated heterocycles. The van der Waals surface area contributed by atoms with Gasteiger partial charge in [-0.05, 0) is 37.5 Å². The fourth-order valence-electron chi connectivity index (χ4n) is 1.93. The van der Waals surface area contributed by atoms with Crippen molar-refractivity contribution in [3.05, 3.63) is 39.7 Å². The van der Waals surface area contributed by atoms with Crippen LogP contribution in [-0.2, 0) is 0 Å². The van der Waals surface area contributed by atoms with E-state index in [1.54, 1.807) is 11.3 Å². The summed E-state index contributed by atoms with van der Waals surface area (Å²) in [5.74, 6) is 0. The highest BCUT2D eigenvalue weighted by Gasteiger charge is 2.11. The molecule has 0 fully saturated rings. The third-order valence-corrected chi connectivity index (χ3v) is 4.22. The van der Waals surface area contributed by atoms with E-state index in [1.165, 1.54) is 16.7 Å². The van der Waals surface area contributed by atoms with Crippen LogP contribution in [0.1, 0.15) is 41.9 Å². The van der Waals surface area contributed by atoms with Crippen LogP contribution in [0.5, 0.6) is 0 Å². The molecule has 1 heterocycles. The van der Waals surface area contributed by atoms with E-state index in [2.05, 4.69) is 49.3 Å². The Morgan fingerprint density at radius 3 is 2.72 bits per heavy atom. The van der Waals surface area contributed by atoms with Crippen molar-refractivity contribution in [2.24, 2.45) is 5.73 Å². The highest BCUT2D eigenvalue weighted by atomic mass is 32.1. The zero-order chi connectivity index (χ0) is 13.1. The first-order chi connectivity index (χ1) is 8.61. The highest BCUT2D eigenvalue weighted by molar-refractivity contribution is 7.10.